The summed E-state index contributed by atoms with van der Waals surface area (Å²) in [6.07, 6.45) is 2.19. The van der Waals surface area contributed by atoms with E-state index >= 15 is 0 Å². The van der Waals surface area contributed by atoms with Crippen LogP contribution >= 0.6 is 0 Å². The van der Waals surface area contributed by atoms with Crippen molar-refractivity contribution < 1.29 is 13.5 Å². The highest BCUT2D eigenvalue weighted by Crippen LogP contribution is 2.22. The number of hydrogen-bond donors (Lipinski definition) is 1. The number of methoxy groups -OCH3 is 1. The average Bonchev–Trinajstić information content (AvgIpc) is 2.94. The minimum absolute atomic E-state index is 0.198. The zero-order chi connectivity index (χ0) is 15.2. The highest BCUT2D eigenvalue weighted by atomic mass is 19.2. The van der Waals surface area contributed by atoms with E-state index < -0.39 is 11.6 Å². The van der Waals surface area contributed by atoms with Crippen LogP contribution in [-0.2, 0) is 4.74 Å². The highest BCUT2D eigenvalue weighted by Gasteiger charge is 2.26. The first-order valence-electron chi connectivity index (χ1n) is 7.58. The van der Waals surface area contributed by atoms with Gasteiger partial charge in [-0.25, -0.2) is 8.78 Å². The summed E-state index contributed by atoms with van der Waals surface area (Å²) in [4.78, 5) is 2.24. The lowest BCUT2D eigenvalue weighted by molar-refractivity contribution is 0.106. The van der Waals surface area contributed by atoms with Crippen LogP contribution in [0.3, 0.4) is 0 Å². The minimum Gasteiger partial charge on any atom is -0.380 e. The molecular weight excluding hydrogens is 274 g/mol. The van der Waals surface area contributed by atoms with Gasteiger partial charge in [-0.1, -0.05) is 19.1 Å². The Hall–Kier alpha value is -1.04. The minimum atomic E-state index is -0.785. The second-order valence-corrected chi connectivity index (χ2v) is 5.56. The van der Waals surface area contributed by atoms with Gasteiger partial charge in [0.15, 0.2) is 11.6 Å². The molecule has 5 heteroatoms. The van der Waals surface area contributed by atoms with E-state index in [0.29, 0.717) is 12.1 Å². The van der Waals surface area contributed by atoms with E-state index in [1.807, 2.05) is 0 Å². The normalized spacial score (nSPS) is 20.9. The van der Waals surface area contributed by atoms with Crippen molar-refractivity contribution in [1.82, 2.24) is 10.2 Å². The van der Waals surface area contributed by atoms with E-state index in [-0.39, 0.29) is 12.1 Å². The molecule has 21 heavy (non-hydrogen) atoms. The quantitative estimate of drug-likeness (QED) is 0.837. The third kappa shape index (κ3) is 4.22. The second-order valence-electron chi connectivity index (χ2n) is 5.56. The molecule has 0 bridgehead atoms. The van der Waals surface area contributed by atoms with Crippen LogP contribution in [0.25, 0.3) is 0 Å². The molecule has 1 aromatic rings. The summed E-state index contributed by atoms with van der Waals surface area (Å²) < 4.78 is 32.8. The fraction of sp³-hybridized carbons (Fsp3) is 0.625. The van der Waals surface area contributed by atoms with Crippen LogP contribution in [0, 0.1) is 11.6 Å². The summed E-state index contributed by atoms with van der Waals surface area (Å²) in [6, 6.07) is 4.19. The molecule has 0 radical (unpaired) electrons. The molecule has 1 aromatic carbocycles. The smallest absolute Gasteiger partial charge is 0.163 e. The molecule has 1 saturated heterocycles. The Kier molecular flexibility index (Phi) is 6.08. The van der Waals surface area contributed by atoms with Crippen LogP contribution in [0.2, 0.25) is 0 Å². The predicted octanol–water partition coefficient (Wildman–Crippen LogP) is 2.73. The van der Waals surface area contributed by atoms with E-state index in [4.69, 9.17) is 4.74 Å². The number of nitrogens with zero attached hydrogens (tertiary/aromatic N) is 1. The molecule has 2 rings (SSSR count). The molecule has 0 amide bonds. The van der Waals surface area contributed by atoms with Crippen molar-refractivity contribution in [3.8, 4) is 0 Å². The van der Waals surface area contributed by atoms with Crippen molar-refractivity contribution >= 4 is 0 Å². The first kappa shape index (κ1) is 16.3. The molecule has 3 nitrogen and oxygen atoms in total. The van der Waals surface area contributed by atoms with Gasteiger partial charge in [0.25, 0.3) is 0 Å². The van der Waals surface area contributed by atoms with Gasteiger partial charge in [0.1, 0.15) is 0 Å². The monoisotopic (exact) mass is 298 g/mol. The molecular formula is C16H24F2N2O. The van der Waals surface area contributed by atoms with Crippen LogP contribution in [0.15, 0.2) is 18.2 Å². The fourth-order valence-electron chi connectivity index (χ4n) is 2.79. The molecule has 0 spiro atoms. The number of ether oxygens (including phenoxy) is 1. The summed E-state index contributed by atoms with van der Waals surface area (Å²) in [5.74, 6) is -1.53. The maximum absolute atomic E-state index is 14.0. The molecule has 1 aliphatic rings. The number of rotatable bonds is 7. The number of nitrogens with one attached hydrogen (secondary N) is 1. The topological polar surface area (TPSA) is 24.5 Å². The van der Waals surface area contributed by atoms with Crippen molar-refractivity contribution in [2.24, 2.45) is 0 Å². The number of benzene rings is 1. The summed E-state index contributed by atoms with van der Waals surface area (Å²) in [5.41, 5.74) is 0.407. The molecule has 1 fully saturated rings. The summed E-state index contributed by atoms with van der Waals surface area (Å²) in [6.45, 7) is 5.28. The molecule has 2 unspecified atom stereocenters. The lowest BCUT2D eigenvalue weighted by Crippen LogP contribution is -2.35. The van der Waals surface area contributed by atoms with Gasteiger partial charge in [0, 0.05) is 38.3 Å². The third-order valence-corrected chi connectivity index (χ3v) is 4.00. The summed E-state index contributed by atoms with van der Waals surface area (Å²) in [5, 5.41) is 3.32. The van der Waals surface area contributed by atoms with Crippen LogP contribution in [-0.4, -0.2) is 44.3 Å². The zero-order valence-electron chi connectivity index (χ0n) is 12.7. The van der Waals surface area contributed by atoms with Crippen molar-refractivity contribution in [3.63, 3.8) is 0 Å². The second kappa shape index (κ2) is 7.82. The third-order valence-electron chi connectivity index (χ3n) is 4.00. The Morgan fingerprint density at radius 3 is 2.90 bits per heavy atom. The lowest BCUT2D eigenvalue weighted by Gasteiger charge is -2.25. The van der Waals surface area contributed by atoms with E-state index in [1.54, 1.807) is 19.2 Å². The fourth-order valence-corrected chi connectivity index (χ4v) is 2.79. The van der Waals surface area contributed by atoms with E-state index in [0.717, 1.165) is 38.5 Å². The molecule has 0 aromatic heterocycles. The van der Waals surface area contributed by atoms with Crippen molar-refractivity contribution in [3.05, 3.63) is 35.4 Å². The van der Waals surface area contributed by atoms with Crippen LogP contribution < -0.4 is 5.32 Å². The summed E-state index contributed by atoms with van der Waals surface area (Å²) in [7, 11) is 1.72. The van der Waals surface area contributed by atoms with Crippen LogP contribution in [0.5, 0.6) is 0 Å². The van der Waals surface area contributed by atoms with Gasteiger partial charge >= 0.3 is 0 Å². The Bertz CT molecular complexity index is 456. The van der Waals surface area contributed by atoms with Gasteiger partial charge in [0.05, 0.1) is 6.10 Å². The zero-order valence-corrected chi connectivity index (χ0v) is 12.7. The molecule has 0 saturated carbocycles. The Morgan fingerprint density at radius 2 is 2.24 bits per heavy atom. The maximum Gasteiger partial charge on any atom is 0.163 e. The summed E-state index contributed by atoms with van der Waals surface area (Å²) >= 11 is 0. The van der Waals surface area contributed by atoms with E-state index in [2.05, 4.69) is 17.1 Å². The molecule has 1 N–H and O–H groups in total. The molecule has 1 aliphatic heterocycles. The highest BCUT2D eigenvalue weighted by molar-refractivity contribution is 5.23. The number of halogens is 2. The first-order valence-corrected chi connectivity index (χ1v) is 7.58. The molecule has 1 heterocycles. The maximum atomic E-state index is 14.0. The SMILES string of the molecule is CCCNC(CN1CCC(OC)C1)c1cccc(F)c1F. The van der Waals surface area contributed by atoms with E-state index in [1.165, 1.54) is 0 Å². The Balaban J connectivity index is 2.09. The average molecular weight is 298 g/mol. The van der Waals surface area contributed by atoms with Gasteiger partial charge in [-0.2, -0.15) is 0 Å². The van der Waals surface area contributed by atoms with Gasteiger partial charge in [-0.15, -0.1) is 0 Å². The van der Waals surface area contributed by atoms with Crippen molar-refractivity contribution in [2.75, 3.05) is 33.3 Å². The number of likely N-dealkylation sites (tertiary alicyclic amines) is 1. The Labute approximate surface area is 125 Å². The molecule has 0 aliphatic carbocycles. The largest absolute Gasteiger partial charge is 0.380 e. The van der Waals surface area contributed by atoms with Gasteiger partial charge in [-0.05, 0) is 25.5 Å². The Morgan fingerprint density at radius 1 is 1.43 bits per heavy atom. The standard InChI is InChI=1S/C16H24F2N2O/c1-3-8-19-15(11-20-9-7-12(10-20)21-2)13-5-4-6-14(17)16(13)18/h4-6,12,15,19H,3,7-11H2,1-2H3. The van der Waals surface area contributed by atoms with Crippen molar-refractivity contribution in [1.29, 1.82) is 0 Å². The molecule has 2 atom stereocenters. The van der Waals surface area contributed by atoms with Crippen LogP contribution in [0.1, 0.15) is 31.4 Å². The molecule has 118 valence electrons. The van der Waals surface area contributed by atoms with Crippen molar-refractivity contribution in [2.45, 2.75) is 31.9 Å². The first-order chi connectivity index (χ1) is 10.2. The predicted molar refractivity (Wildman–Crippen MR) is 79.2 cm³/mol. The lowest BCUT2D eigenvalue weighted by atomic mass is 10.1. The van der Waals surface area contributed by atoms with Crippen LogP contribution in [0.4, 0.5) is 8.78 Å². The number of hydrogen-bond acceptors (Lipinski definition) is 3. The van der Waals surface area contributed by atoms with E-state index in [9.17, 15) is 8.78 Å². The van der Waals surface area contributed by atoms with Gasteiger partial charge in [-0.3, -0.25) is 4.90 Å². The van der Waals surface area contributed by atoms with Gasteiger partial charge < -0.3 is 10.1 Å². The van der Waals surface area contributed by atoms with Gasteiger partial charge in [0.2, 0.25) is 0 Å².